The first-order valence-corrected chi connectivity index (χ1v) is 21.1. The second-order valence-corrected chi connectivity index (χ2v) is 17.5. The summed E-state index contributed by atoms with van der Waals surface area (Å²) in [4.78, 5) is 22.4. The first-order chi connectivity index (χ1) is 28.7. The van der Waals surface area contributed by atoms with Gasteiger partial charge in [0.05, 0.1) is 22.8 Å². The van der Waals surface area contributed by atoms with Crippen molar-refractivity contribution < 1.29 is 19.5 Å². The molecule has 0 atom stereocenters. The van der Waals surface area contributed by atoms with E-state index in [4.69, 9.17) is 19.9 Å². The first-order valence-electron chi connectivity index (χ1n) is 21.1. The molecule has 0 aliphatic carbocycles. The molecule has 2 aliphatic heterocycles. The molecule has 5 heterocycles. The van der Waals surface area contributed by atoms with Gasteiger partial charge in [0.15, 0.2) is 0 Å². The van der Waals surface area contributed by atoms with E-state index in [0.717, 1.165) is 89.4 Å². The molecule has 1 radical (unpaired) electrons. The Labute approximate surface area is 373 Å². The van der Waals surface area contributed by atoms with E-state index in [1.54, 1.807) is 0 Å². The summed E-state index contributed by atoms with van der Waals surface area (Å²) in [6.07, 6.45) is 8.72. The van der Waals surface area contributed by atoms with Gasteiger partial charge >= 0.3 is 0 Å². The van der Waals surface area contributed by atoms with Crippen LogP contribution < -0.4 is 9.97 Å². The van der Waals surface area contributed by atoms with Crippen molar-refractivity contribution in [1.29, 1.82) is 0 Å². The molecule has 9 rings (SSSR count). The van der Waals surface area contributed by atoms with Crippen LogP contribution in [-0.4, -0.2) is 9.97 Å². The molecule has 4 nitrogen and oxygen atoms in total. The quantitative estimate of drug-likeness (QED) is 0.165. The van der Waals surface area contributed by atoms with Gasteiger partial charge in [-0.05, 0) is 196 Å². The van der Waals surface area contributed by atoms with Gasteiger partial charge in [-0.2, -0.15) is 0 Å². The maximum atomic E-state index is 5.59. The molecule has 0 spiro atoms. The van der Waals surface area contributed by atoms with Crippen LogP contribution in [0.1, 0.15) is 89.5 Å². The largest absolute Gasteiger partial charge is 0.657 e. The van der Waals surface area contributed by atoms with Crippen LogP contribution in [0.3, 0.4) is 0 Å². The summed E-state index contributed by atoms with van der Waals surface area (Å²) in [5, 5.41) is 0. The van der Waals surface area contributed by atoms with Crippen LogP contribution in [0.25, 0.3) is 90.9 Å². The van der Waals surface area contributed by atoms with Crippen LogP contribution in [0, 0.1) is 83.1 Å². The second-order valence-electron chi connectivity index (χ2n) is 17.5. The average molecular weight is 884 g/mol. The Morgan fingerprint density at radius 2 is 0.459 bits per heavy atom. The minimum Gasteiger partial charge on any atom is -0.657 e. The Morgan fingerprint density at radius 3 is 0.639 bits per heavy atom. The predicted molar refractivity (Wildman–Crippen MR) is 255 cm³/mol. The van der Waals surface area contributed by atoms with E-state index in [1.165, 1.54) is 66.8 Å². The van der Waals surface area contributed by atoms with Crippen LogP contribution in [-0.2, 0) is 19.5 Å². The van der Waals surface area contributed by atoms with Gasteiger partial charge in [0.1, 0.15) is 0 Å². The number of hydrogen-bond acceptors (Lipinski definition) is 2. The molecule has 7 aromatic rings. The fraction of sp³-hybridized carbons (Fsp3) is 0.214. The molecule has 307 valence electrons. The zero-order chi connectivity index (χ0) is 42.3. The number of aryl methyl sites for hydroxylation is 12. The van der Waals surface area contributed by atoms with E-state index in [1.807, 2.05) is 0 Å². The van der Waals surface area contributed by atoms with Crippen molar-refractivity contribution in [2.45, 2.75) is 83.1 Å². The van der Waals surface area contributed by atoms with Crippen molar-refractivity contribution in [3.63, 3.8) is 0 Å². The topological polar surface area (TPSA) is 54.0 Å². The molecule has 0 saturated carbocycles. The Hall–Kier alpha value is -5.90. The summed E-state index contributed by atoms with van der Waals surface area (Å²) in [5.74, 6) is 0. The molecule has 61 heavy (non-hydrogen) atoms. The fourth-order valence-corrected chi connectivity index (χ4v) is 10.4. The fourth-order valence-electron chi connectivity index (χ4n) is 10.4. The van der Waals surface area contributed by atoms with Crippen LogP contribution >= 0.6 is 0 Å². The number of hydrogen-bond donors (Lipinski definition) is 0. The second kappa shape index (κ2) is 15.9. The maximum Gasteiger partial charge on any atom is 0.0704 e. The third kappa shape index (κ3) is 7.27. The van der Waals surface area contributed by atoms with Gasteiger partial charge in [0, 0.05) is 19.5 Å². The molecule has 0 fully saturated rings. The summed E-state index contributed by atoms with van der Waals surface area (Å²) in [6, 6.07) is 26.9. The minimum absolute atomic E-state index is 0. The van der Waals surface area contributed by atoms with Crippen LogP contribution in [0.15, 0.2) is 72.8 Å². The van der Waals surface area contributed by atoms with E-state index >= 15 is 0 Å². The molecule has 0 saturated heterocycles. The minimum atomic E-state index is 0. The number of fused-ring (bicyclic) bond motifs is 8. The van der Waals surface area contributed by atoms with Crippen molar-refractivity contribution in [1.82, 2.24) is 19.9 Å². The molecule has 0 N–H and O–H groups in total. The average Bonchev–Trinajstić information content (AvgIpc) is 3.99. The molecular weight excluding hydrogens is 832 g/mol. The predicted octanol–water partition coefficient (Wildman–Crippen LogP) is 14.3. The number of nitrogens with zero attached hydrogens (tertiary/aromatic N) is 4. The van der Waals surface area contributed by atoms with Crippen molar-refractivity contribution in [3.05, 3.63) is 162 Å². The Kier molecular flexibility index (Phi) is 10.9. The zero-order valence-corrected chi connectivity index (χ0v) is 39.0. The number of aromatic nitrogens is 4. The van der Waals surface area contributed by atoms with Gasteiger partial charge in [0.25, 0.3) is 0 Å². The van der Waals surface area contributed by atoms with E-state index < -0.39 is 0 Å². The number of benzene rings is 4. The van der Waals surface area contributed by atoms with Crippen molar-refractivity contribution >= 4 is 46.4 Å². The standard InChI is InChI=1S/C56H52N4.Rh/c1-29-21-33(5)49(34(6)22-29)53-41-13-15-43(57-41)54(50-35(7)23-30(2)24-36(50)8)45-17-19-47(59-45)56(52-39(11)27-32(4)28-40(52)12)48-20-18-46(60-48)55(44-16-14-42(53)58-44)51-37(9)25-31(3)26-38(51)10;/h13-28H,1-12H3;/q-2;. The van der Waals surface area contributed by atoms with Crippen LogP contribution in [0.2, 0.25) is 0 Å². The smallest absolute Gasteiger partial charge is 0.0704 e. The van der Waals surface area contributed by atoms with E-state index in [-0.39, 0.29) is 19.5 Å². The summed E-state index contributed by atoms with van der Waals surface area (Å²) >= 11 is 0. The molecule has 0 unspecified atom stereocenters. The maximum absolute atomic E-state index is 5.59. The Bertz CT molecular complexity index is 2710. The molecule has 3 aromatic heterocycles. The van der Waals surface area contributed by atoms with Gasteiger partial charge in [0.2, 0.25) is 0 Å². The van der Waals surface area contributed by atoms with Crippen molar-refractivity contribution in [3.8, 4) is 44.5 Å². The van der Waals surface area contributed by atoms with Crippen LogP contribution in [0.4, 0.5) is 0 Å². The van der Waals surface area contributed by atoms with Crippen LogP contribution in [0.5, 0.6) is 0 Å². The summed E-state index contributed by atoms with van der Waals surface area (Å²) in [6.45, 7) is 26.3. The Balaban J connectivity index is 0.00000514. The summed E-state index contributed by atoms with van der Waals surface area (Å²) in [7, 11) is 0. The van der Waals surface area contributed by atoms with Crippen molar-refractivity contribution in [2.24, 2.45) is 0 Å². The van der Waals surface area contributed by atoms with Gasteiger partial charge in [-0.25, -0.2) is 9.97 Å². The molecule has 8 bridgehead atoms. The third-order valence-corrected chi connectivity index (χ3v) is 12.3. The molecular formula is C56H52N4Rh-2. The van der Waals surface area contributed by atoms with E-state index in [9.17, 15) is 0 Å². The number of rotatable bonds is 4. The monoisotopic (exact) mass is 883 g/mol. The summed E-state index contributed by atoms with van der Waals surface area (Å²) < 4.78 is 0. The van der Waals surface area contributed by atoms with Gasteiger partial charge in [-0.1, -0.05) is 95.1 Å². The van der Waals surface area contributed by atoms with E-state index in [0.29, 0.717) is 0 Å². The molecule has 5 heteroatoms. The summed E-state index contributed by atoms with van der Waals surface area (Å²) in [5.41, 5.74) is 30.4. The Morgan fingerprint density at radius 1 is 0.279 bits per heavy atom. The normalized spacial score (nSPS) is 12.0. The van der Waals surface area contributed by atoms with Gasteiger partial charge in [-0.3, -0.25) is 0 Å². The molecule has 0 amide bonds. The van der Waals surface area contributed by atoms with Gasteiger partial charge in [-0.15, -0.1) is 22.1 Å². The SMILES string of the molecule is Cc1cc(C)c(-c2c3nc(c(-c4c(C)cc(C)cc4C)c4ccc([n-]4)c(-c4c(C)cc(C)cc4C)c4nc(c(-c5c(C)cc(C)cc5C)c5ccc2[n-]5)C=C4)C=C3)c(C)c1.[Rh]. The van der Waals surface area contributed by atoms with Gasteiger partial charge < -0.3 is 9.97 Å². The first kappa shape index (κ1) is 41.8. The molecule has 4 aromatic carbocycles. The molecule has 2 aliphatic rings. The van der Waals surface area contributed by atoms with Crippen molar-refractivity contribution in [2.75, 3.05) is 0 Å². The zero-order valence-electron chi connectivity index (χ0n) is 37.4. The third-order valence-electron chi connectivity index (χ3n) is 12.3. The van der Waals surface area contributed by atoms with E-state index in [2.05, 4.69) is 180 Å².